The molecule has 2 aliphatic heterocycles. The van der Waals surface area contributed by atoms with E-state index in [1.165, 1.54) is 6.92 Å². The smallest absolute Gasteiger partial charge is 0.159 e. The molecular formula is C18H20N2O4S. The fraction of sp³-hybridized carbons (Fsp3) is 0.278. The van der Waals surface area contributed by atoms with E-state index in [4.69, 9.17) is 4.74 Å². The molecule has 0 aromatic heterocycles. The Balaban J connectivity index is 1.63. The van der Waals surface area contributed by atoms with E-state index in [2.05, 4.69) is 9.62 Å². The standard InChI is InChI=1S/C18H20N2O4S/c1-12(21)13-4-6-14(7-5-13)24-15-8-9-16-17(11-15)25(22,23)19-18-3-2-10-20(16)18/h4-9,11,18-19,22-23H,2-3,10H2,1H3. The SMILES string of the molecule is CC(=O)c1ccc(Oc2ccc3c(c2)S(O)(O)NC2CCCN32)cc1. The average Bonchev–Trinajstić information content (AvgIpc) is 3.03. The number of anilines is 1. The highest BCUT2D eigenvalue weighted by Crippen LogP contribution is 2.55. The number of nitrogens with one attached hydrogen (secondary N) is 1. The zero-order chi connectivity index (χ0) is 17.6. The number of ether oxygens (including phenoxy) is 1. The van der Waals surface area contributed by atoms with E-state index in [1.54, 1.807) is 30.3 Å². The van der Waals surface area contributed by atoms with Crippen molar-refractivity contribution >= 4 is 22.2 Å². The highest BCUT2D eigenvalue weighted by molar-refractivity contribution is 8.22. The van der Waals surface area contributed by atoms with Crippen LogP contribution in [0.1, 0.15) is 30.1 Å². The molecule has 0 spiro atoms. The lowest BCUT2D eigenvalue weighted by Gasteiger charge is -2.46. The Morgan fingerprint density at radius 1 is 1.20 bits per heavy atom. The summed E-state index contributed by atoms with van der Waals surface area (Å²) in [5.74, 6) is 1.11. The number of rotatable bonds is 3. The van der Waals surface area contributed by atoms with Crippen LogP contribution in [0.2, 0.25) is 0 Å². The molecule has 7 heteroatoms. The number of benzene rings is 2. The van der Waals surface area contributed by atoms with Gasteiger partial charge in [0.05, 0.1) is 11.9 Å². The van der Waals surface area contributed by atoms with Gasteiger partial charge in [0.1, 0.15) is 16.4 Å². The van der Waals surface area contributed by atoms with Crippen molar-refractivity contribution in [3.63, 3.8) is 0 Å². The number of ketones is 1. The third kappa shape index (κ3) is 3.00. The molecule has 4 rings (SSSR count). The number of Topliss-reactive ketones (excluding diaryl/α,β-unsaturated/α-hetero) is 1. The molecule has 1 saturated heterocycles. The molecule has 3 N–H and O–H groups in total. The second-order valence-corrected chi connectivity index (χ2v) is 8.10. The highest BCUT2D eigenvalue weighted by atomic mass is 32.3. The number of carbonyl (C=O) groups excluding carboxylic acids is 1. The predicted octanol–water partition coefficient (Wildman–Crippen LogP) is 4.24. The summed E-state index contributed by atoms with van der Waals surface area (Å²) in [4.78, 5) is 14.0. The van der Waals surface area contributed by atoms with Crippen molar-refractivity contribution in [2.75, 3.05) is 11.4 Å². The summed E-state index contributed by atoms with van der Waals surface area (Å²) in [5.41, 5.74) is 1.47. The van der Waals surface area contributed by atoms with Gasteiger partial charge >= 0.3 is 0 Å². The summed E-state index contributed by atoms with van der Waals surface area (Å²) in [6, 6.07) is 12.2. The van der Waals surface area contributed by atoms with Crippen LogP contribution in [-0.4, -0.2) is 27.6 Å². The van der Waals surface area contributed by atoms with Crippen molar-refractivity contribution in [2.24, 2.45) is 0 Å². The van der Waals surface area contributed by atoms with Crippen LogP contribution in [0.5, 0.6) is 11.5 Å². The van der Waals surface area contributed by atoms with Gasteiger partial charge in [0.15, 0.2) is 5.78 Å². The van der Waals surface area contributed by atoms with Crippen LogP contribution in [0.3, 0.4) is 0 Å². The van der Waals surface area contributed by atoms with Gasteiger partial charge in [-0.15, -0.1) is 10.8 Å². The predicted molar refractivity (Wildman–Crippen MR) is 97.6 cm³/mol. The summed E-state index contributed by atoms with van der Waals surface area (Å²) >= 11 is 0. The molecule has 0 saturated carbocycles. The first-order valence-electron chi connectivity index (χ1n) is 8.19. The first-order chi connectivity index (χ1) is 11.9. The topological polar surface area (TPSA) is 82.0 Å². The Bertz CT molecular complexity index is 822. The van der Waals surface area contributed by atoms with Crippen LogP contribution in [0, 0.1) is 0 Å². The second-order valence-electron chi connectivity index (χ2n) is 6.33. The summed E-state index contributed by atoms with van der Waals surface area (Å²) < 4.78 is 29.7. The maximum atomic E-state index is 11.3. The summed E-state index contributed by atoms with van der Waals surface area (Å²) in [6.07, 6.45) is 1.90. The highest BCUT2D eigenvalue weighted by Gasteiger charge is 2.38. The Labute approximate surface area is 147 Å². The van der Waals surface area contributed by atoms with E-state index in [9.17, 15) is 13.9 Å². The van der Waals surface area contributed by atoms with Gasteiger partial charge in [-0.1, -0.05) is 0 Å². The lowest BCUT2D eigenvalue weighted by Crippen LogP contribution is -2.46. The molecule has 0 bridgehead atoms. The zero-order valence-electron chi connectivity index (χ0n) is 13.8. The van der Waals surface area contributed by atoms with Crippen LogP contribution < -0.4 is 14.4 Å². The molecule has 1 unspecified atom stereocenters. The normalized spacial score (nSPS) is 22.0. The van der Waals surface area contributed by atoms with Crippen LogP contribution in [-0.2, 0) is 0 Å². The Morgan fingerprint density at radius 2 is 1.92 bits per heavy atom. The number of carbonyl (C=O) groups is 1. The Kier molecular flexibility index (Phi) is 3.96. The molecule has 132 valence electrons. The van der Waals surface area contributed by atoms with E-state index in [1.807, 2.05) is 12.1 Å². The van der Waals surface area contributed by atoms with Gasteiger partial charge < -0.3 is 9.64 Å². The van der Waals surface area contributed by atoms with Crippen molar-refractivity contribution in [1.82, 2.24) is 4.72 Å². The van der Waals surface area contributed by atoms with Gasteiger partial charge in [-0.05, 0) is 56.2 Å². The first-order valence-corrected chi connectivity index (χ1v) is 9.74. The summed E-state index contributed by atoms with van der Waals surface area (Å²) in [7, 11) is -3.05. The minimum atomic E-state index is -3.05. The van der Waals surface area contributed by atoms with E-state index >= 15 is 0 Å². The van der Waals surface area contributed by atoms with E-state index < -0.39 is 10.8 Å². The van der Waals surface area contributed by atoms with Crippen molar-refractivity contribution in [3.05, 3.63) is 48.0 Å². The first kappa shape index (κ1) is 16.4. The van der Waals surface area contributed by atoms with E-state index in [0.717, 1.165) is 25.1 Å². The largest absolute Gasteiger partial charge is 0.457 e. The number of fused-ring (bicyclic) bond motifs is 3. The molecule has 0 amide bonds. The lowest BCUT2D eigenvalue weighted by atomic mass is 10.1. The van der Waals surface area contributed by atoms with E-state index in [0.29, 0.717) is 22.0 Å². The van der Waals surface area contributed by atoms with Crippen molar-refractivity contribution in [1.29, 1.82) is 0 Å². The van der Waals surface area contributed by atoms with E-state index in [-0.39, 0.29) is 11.9 Å². The third-order valence-corrected chi connectivity index (χ3v) is 6.14. The van der Waals surface area contributed by atoms with Gasteiger partial charge in [-0.25, -0.2) is 0 Å². The molecule has 25 heavy (non-hydrogen) atoms. The molecular weight excluding hydrogens is 340 g/mol. The lowest BCUT2D eigenvalue weighted by molar-refractivity contribution is 0.101. The molecule has 1 atom stereocenters. The molecule has 1 fully saturated rings. The second kappa shape index (κ2) is 6.03. The van der Waals surface area contributed by atoms with Crippen molar-refractivity contribution in [3.8, 4) is 11.5 Å². The third-order valence-electron chi connectivity index (χ3n) is 4.60. The van der Waals surface area contributed by atoms with Crippen molar-refractivity contribution < 1.29 is 18.6 Å². The van der Waals surface area contributed by atoms with Crippen LogP contribution >= 0.6 is 10.8 Å². The molecule has 2 heterocycles. The summed E-state index contributed by atoms with van der Waals surface area (Å²) in [5, 5.41) is 0. The number of nitrogens with zero attached hydrogens (tertiary/aromatic N) is 1. The maximum Gasteiger partial charge on any atom is 0.159 e. The minimum Gasteiger partial charge on any atom is -0.457 e. The van der Waals surface area contributed by atoms with Crippen LogP contribution in [0.25, 0.3) is 0 Å². The van der Waals surface area contributed by atoms with Gasteiger partial charge in [-0.3, -0.25) is 13.9 Å². The van der Waals surface area contributed by atoms with Gasteiger partial charge in [0.25, 0.3) is 0 Å². The number of hydrogen-bond donors (Lipinski definition) is 3. The monoisotopic (exact) mass is 360 g/mol. The molecule has 0 aliphatic carbocycles. The van der Waals surface area contributed by atoms with Crippen LogP contribution in [0.15, 0.2) is 47.4 Å². The fourth-order valence-electron chi connectivity index (χ4n) is 3.35. The molecule has 0 radical (unpaired) electrons. The van der Waals surface area contributed by atoms with Gasteiger partial charge in [0, 0.05) is 18.2 Å². The molecule has 6 nitrogen and oxygen atoms in total. The molecule has 2 aromatic carbocycles. The fourth-order valence-corrected chi connectivity index (χ4v) is 4.86. The van der Waals surface area contributed by atoms with Gasteiger partial charge in [0.2, 0.25) is 0 Å². The van der Waals surface area contributed by atoms with Gasteiger partial charge in [-0.2, -0.15) is 4.72 Å². The van der Waals surface area contributed by atoms with Crippen molar-refractivity contribution in [2.45, 2.75) is 30.8 Å². The summed E-state index contributed by atoms with van der Waals surface area (Å²) in [6.45, 7) is 2.41. The maximum absolute atomic E-state index is 11.3. The van der Waals surface area contributed by atoms with Crippen LogP contribution in [0.4, 0.5) is 5.69 Å². The number of hydrogen-bond acceptors (Lipinski definition) is 6. The zero-order valence-corrected chi connectivity index (χ0v) is 14.6. The Hall–Kier alpha value is -2.06. The Morgan fingerprint density at radius 3 is 2.64 bits per heavy atom. The molecule has 2 aromatic rings. The quantitative estimate of drug-likeness (QED) is 0.711. The average molecular weight is 360 g/mol. The molecule has 2 aliphatic rings. The minimum absolute atomic E-state index is 0.000479.